The van der Waals surface area contributed by atoms with E-state index in [1.807, 2.05) is 13.0 Å². The summed E-state index contributed by atoms with van der Waals surface area (Å²) in [4.78, 5) is 16.3. The lowest BCUT2D eigenvalue weighted by atomic mass is 10.2. The third-order valence-electron chi connectivity index (χ3n) is 2.67. The molecule has 1 heterocycles. The summed E-state index contributed by atoms with van der Waals surface area (Å²) in [5.74, 6) is 0. The van der Waals surface area contributed by atoms with Gasteiger partial charge in [0.05, 0.1) is 29.9 Å². The smallest absolute Gasteiger partial charge is 0.261 e. The van der Waals surface area contributed by atoms with Gasteiger partial charge in [-0.25, -0.2) is 4.98 Å². The Hall–Kier alpha value is -1.20. The molecular weight excluding hydrogens is 284 g/mol. The van der Waals surface area contributed by atoms with E-state index in [-0.39, 0.29) is 12.1 Å². The van der Waals surface area contributed by atoms with Gasteiger partial charge in [-0.1, -0.05) is 22.9 Å². The van der Waals surface area contributed by atoms with E-state index in [0.717, 1.165) is 4.47 Å². The van der Waals surface area contributed by atoms with Gasteiger partial charge in [-0.05, 0) is 24.6 Å². The second-order valence-corrected chi connectivity index (χ2v) is 4.84. The number of halogens is 1. The molecule has 0 spiro atoms. The summed E-state index contributed by atoms with van der Waals surface area (Å²) < 4.78 is 2.34. The van der Waals surface area contributed by atoms with Crippen molar-refractivity contribution in [3.05, 3.63) is 39.4 Å². The maximum atomic E-state index is 12.1. The number of hydrogen-bond donors (Lipinski definition) is 1. The molecule has 0 aliphatic heterocycles. The van der Waals surface area contributed by atoms with Gasteiger partial charge in [0.1, 0.15) is 0 Å². The average Bonchev–Trinajstić information content (AvgIpc) is 2.32. The molecule has 0 bridgehead atoms. The molecule has 0 saturated carbocycles. The molecular formula is C12H13BrN2O2. The molecule has 4 nitrogen and oxygen atoms in total. The van der Waals surface area contributed by atoms with Crippen LogP contribution in [0.4, 0.5) is 0 Å². The van der Waals surface area contributed by atoms with Gasteiger partial charge >= 0.3 is 0 Å². The summed E-state index contributed by atoms with van der Waals surface area (Å²) >= 11 is 3.34. The van der Waals surface area contributed by atoms with Crippen LogP contribution < -0.4 is 5.56 Å². The number of aliphatic hydroxyl groups is 1. The third-order valence-corrected chi connectivity index (χ3v) is 3.16. The van der Waals surface area contributed by atoms with Crippen LogP contribution in [0, 0.1) is 0 Å². The normalized spacial score (nSPS) is 12.9. The van der Waals surface area contributed by atoms with E-state index in [2.05, 4.69) is 20.9 Å². The quantitative estimate of drug-likeness (QED) is 0.942. The first-order valence-electron chi connectivity index (χ1n) is 5.44. The van der Waals surface area contributed by atoms with Crippen LogP contribution in [0.2, 0.25) is 0 Å². The fraction of sp³-hybridized carbons (Fsp3) is 0.333. The summed E-state index contributed by atoms with van der Waals surface area (Å²) in [5.41, 5.74) is 0.543. The molecule has 17 heavy (non-hydrogen) atoms. The lowest BCUT2D eigenvalue weighted by Crippen LogP contribution is -2.26. The van der Waals surface area contributed by atoms with Gasteiger partial charge in [-0.15, -0.1) is 0 Å². The van der Waals surface area contributed by atoms with Crippen molar-refractivity contribution in [2.75, 3.05) is 0 Å². The van der Waals surface area contributed by atoms with Crippen molar-refractivity contribution < 1.29 is 5.11 Å². The van der Waals surface area contributed by atoms with Gasteiger partial charge in [0.25, 0.3) is 5.56 Å². The van der Waals surface area contributed by atoms with Crippen molar-refractivity contribution in [1.82, 2.24) is 9.55 Å². The van der Waals surface area contributed by atoms with E-state index >= 15 is 0 Å². The molecule has 0 unspecified atom stereocenters. The highest BCUT2D eigenvalue weighted by Crippen LogP contribution is 2.14. The van der Waals surface area contributed by atoms with Crippen LogP contribution in [0.25, 0.3) is 10.9 Å². The molecule has 0 aliphatic carbocycles. The predicted molar refractivity (Wildman–Crippen MR) is 70.0 cm³/mol. The molecule has 1 atom stereocenters. The first-order valence-corrected chi connectivity index (χ1v) is 6.24. The zero-order valence-corrected chi connectivity index (χ0v) is 11.0. The number of fused-ring (bicyclic) bond motifs is 1. The highest BCUT2D eigenvalue weighted by Gasteiger charge is 2.07. The first kappa shape index (κ1) is 12.3. The Morgan fingerprint density at radius 1 is 1.53 bits per heavy atom. The fourth-order valence-electron chi connectivity index (χ4n) is 1.62. The van der Waals surface area contributed by atoms with Crippen LogP contribution in [0.15, 0.2) is 33.8 Å². The number of aliphatic hydroxyl groups excluding tert-OH is 1. The van der Waals surface area contributed by atoms with E-state index < -0.39 is 6.10 Å². The van der Waals surface area contributed by atoms with E-state index in [1.54, 1.807) is 12.1 Å². The number of hydrogen-bond acceptors (Lipinski definition) is 3. The van der Waals surface area contributed by atoms with Crippen LogP contribution in [-0.4, -0.2) is 20.8 Å². The minimum absolute atomic E-state index is 0.116. The largest absolute Gasteiger partial charge is 0.391 e. The van der Waals surface area contributed by atoms with Crippen LogP contribution >= 0.6 is 15.9 Å². The Labute approximate surface area is 107 Å². The number of aromatic nitrogens is 2. The maximum Gasteiger partial charge on any atom is 0.261 e. The van der Waals surface area contributed by atoms with Crippen LogP contribution in [0.3, 0.4) is 0 Å². The Balaban J connectivity index is 2.51. The lowest BCUT2D eigenvalue weighted by molar-refractivity contribution is 0.148. The average molecular weight is 297 g/mol. The minimum Gasteiger partial charge on any atom is -0.391 e. The Morgan fingerprint density at radius 2 is 2.29 bits per heavy atom. The summed E-state index contributed by atoms with van der Waals surface area (Å²) in [5, 5.41) is 10.1. The first-order chi connectivity index (χ1) is 8.11. The molecule has 90 valence electrons. The topological polar surface area (TPSA) is 55.1 Å². The molecule has 2 aromatic rings. The van der Waals surface area contributed by atoms with Gasteiger partial charge in [0, 0.05) is 4.47 Å². The molecule has 1 N–H and O–H groups in total. The summed E-state index contributed by atoms with van der Waals surface area (Å²) in [6.45, 7) is 2.16. The van der Waals surface area contributed by atoms with Crippen molar-refractivity contribution in [2.45, 2.75) is 26.0 Å². The molecule has 0 fully saturated rings. The predicted octanol–water partition coefficient (Wildman–Crippen LogP) is 1.93. The van der Waals surface area contributed by atoms with Gasteiger partial charge in [-0.3, -0.25) is 9.36 Å². The summed E-state index contributed by atoms with van der Waals surface area (Å²) in [6, 6.07) is 5.35. The molecule has 0 amide bonds. The lowest BCUT2D eigenvalue weighted by Gasteiger charge is -2.10. The van der Waals surface area contributed by atoms with E-state index in [1.165, 1.54) is 10.9 Å². The monoisotopic (exact) mass is 296 g/mol. The Bertz CT molecular complexity index is 595. The second-order valence-electron chi connectivity index (χ2n) is 3.93. The fourth-order valence-corrected chi connectivity index (χ4v) is 1.97. The van der Waals surface area contributed by atoms with Gasteiger partial charge in [-0.2, -0.15) is 0 Å². The minimum atomic E-state index is -0.512. The molecule has 0 saturated heterocycles. The van der Waals surface area contributed by atoms with Crippen LogP contribution in [-0.2, 0) is 6.54 Å². The van der Waals surface area contributed by atoms with Crippen LogP contribution in [0.5, 0.6) is 0 Å². The number of nitrogens with zero attached hydrogens (tertiary/aromatic N) is 2. The van der Waals surface area contributed by atoms with Crippen molar-refractivity contribution in [3.63, 3.8) is 0 Å². The highest BCUT2D eigenvalue weighted by atomic mass is 79.9. The maximum absolute atomic E-state index is 12.1. The molecule has 1 aromatic heterocycles. The summed E-state index contributed by atoms with van der Waals surface area (Å²) in [6.07, 6.45) is 1.59. The number of benzene rings is 1. The zero-order valence-electron chi connectivity index (χ0n) is 9.43. The zero-order chi connectivity index (χ0) is 12.4. The van der Waals surface area contributed by atoms with Gasteiger partial charge < -0.3 is 5.11 Å². The molecule has 5 heteroatoms. The van der Waals surface area contributed by atoms with Crippen molar-refractivity contribution in [3.8, 4) is 0 Å². The molecule has 2 rings (SSSR count). The van der Waals surface area contributed by atoms with E-state index in [4.69, 9.17) is 0 Å². The molecule has 1 aromatic carbocycles. The van der Waals surface area contributed by atoms with Crippen molar-refractivity contribution >= 4 is 26.8 Å². The summed E-state index contributed by atoms with van der Waals surface area (Å²) in [7, 11) is 0. The van der Waals surface area contributed by atoms with Crippen molar-refractivity contribution in [1.29, 1.82) is 0 Å². The van der Waals surface area contributed by atoms with Crippen LogP contribution in [0.1, 0.15) is 13.3 Å². The Kier molecular flexibility index (Phi) is 3.59. The second kappa shape index (κ2) is 4.98. The molecule has 0 aliphatic rings. The van der Waals surface area contributed by atoms with E-state index in [9.17, 15) is 9.90 Å². The van der Waals surface area contributed by atoms with E-state index in [0.29, 0.717) is 17.3 Å². The SMILES string of the molecule is CC[C@H](O)Cn1cnc2cc(Br)ccc2c1=O. The standard InChI is InChI=1S/C12H13BrN2O2/c1-2-9(16)6-15-7-14-11-5-8(13)3-4-10(11)12(15)17/h3-5,7,9,16H,2,6H2,1H3/t9-/m0/s1. The van der Waals surface area contributed by atoms with Gasteiger partial charge in [0.2, 0.25) is 0 Å². The Morgan fingerprint density at radius 3 is 3.00 bits per heavy atom. The third kappa shape index (κ3) is 2.56. The van der Waals surface area contributed by atoms with Crippen molar-refractivity contribution in [2.24, 2.45) is 0 Å². The highest BCUT2D eigenvalue weighted by molar-refractivity contribution is 9.10. The van der Waals surface area contributed by atoms with Gasteiger partial charge in [0.15, 0.2) is 0 Å². The molecule has 0 radical (unpaired) electrons. The number of rotatable bonds is 3.